The van der Waals surface area contributed by atoms with Gasteiger partial charge in [0, 0.05) is 18.0 Å². The minimum Gasteiger partial charge on any atom is -0.302 e. The molecule has 2 aromatic heterocycles. The number of rotatable bonds is 4. The second-order valence-electron chi connectivity index (χ2n) is 4.47. The van der Waals surface area contributed by atoms with Crippen LogP contribution in [-0.4, -0.2) is 9.97 Å². The minimum absolute atomic E-state index is 0.261. The Morgan fingerprint density at radius 1 is 1.26 bits per heavy atom. The summed E-state index contributed by atoms with van der Waals surface area (Å²) in [6.07, 6.45) is 0. The molecular weight excluding hydrogens is 274 g/mol. The lowest BCUT2D eigenvalue weighted by Crippen LogP contribution is -2.18. The Kier molecular flexibility index (Phi) is 3.59. The van der Waals surface area contributed by atoms with Crippen LogP contribution in [0.3, 0.4) is 0 Å². The summed E-state index contributed by atoms with van der Waals surface area (Å²) in [6, 6.07) is 8.52. The molecule has 19 heavy (non-hydrogen) atoms. The first-order chi connectivity index (χ1) is 9.22. The molecule has 0 radical (unpaired) electrons. The maximum Gasteiger partial charge on any atom is 0.108 e. The third-order valence-corrected chi connectivity index (χ3v) is 4.81. The Balaban J connectivity index is 1.68. The van der Waals surface area contributed by atoms with E-state index in [2.05, 4.69) is 45.8 Å². The predicted octanol–water partition coefficient (Wildman–Crippen LogP) is 3.91. The van der Waals surface area contributed by atoms with E-state index in [4.69, 9.17) is 0 Å². The van der Waals surface area contributed by atoms with E-state index in [0.717, 1.165) is 27.8 Å². The first-order valence-corrected chi connectivity index (χ1v) is 7.92. The second-order valence-corrected chi connectivity index (χ2v) is 6.65. The van der Waals surface area contributed by atoms with Crippen molar-refractivity contribution in [1.29, 1.82) is 0 Å². The maximum absolute atomic E-state index is 4.62. The lowest BCUT2D eigenvalue weighted by molar-refractivity contribution is 0.562. The van der Waals surface area contributed by atoms with Crippen molar-refractivity contribution in [1.82, 2.24) is 15.3 Å². The van der Waals surface area contributed by atoms with Gasteiger partial charge in [-0.2, -0.15) is 0 Å². The predicted molar refractivity (Wildman–Crippen MR) is 81.7 cm³/mol. The van der Waals surface area contributed by atoms with Gasteiger partial charge in [0.05, 0.1) is 20.9 Å². The lowest BCUT2D eigenvalue weighted by Gasteiger charge is -2.09. The number of hydrogen-bond donors (Lipinski definition) is 1. The fourth-order valence-electron chi connectivity index (χ4n) is 1.92. The minimum atomic E-state index is 0.261. The largest absolute Gasteiger partial charge is 0.302 e. The Hall–Kier alpha value is -1.30. The molecule has 0 saturated carbocycles. The number of aryl methyl sites for hydroxylation is 1. The first-order valence-electron chi connectivity index (χ1n) is 6.22. The SMILES string of the molecule is Cc1nc(C(C)NCc2nc3ccccc3s2)cs1. The number of nitrogens with one attached hydrogen (secondary N) is 1. The van der Waals surface area contributed by atoms with Gasteiger partial charge in [0.15, 0.2) is 0 Å². The Morgan fingerprint density at radius 2 is 2.11 bits per heavy atom. The molecule has 0 aliphatic heterocycles. The van der Waals surface area contributed by atoms with Crippen molar-refractivity contribution in [3.63, 3.8) is 0 Å². The van der Waals surface area contributed by atoms with Gasteiger partial charge in [0.25, 0.3) is 0 Å². The van der Waals surface area contributed by atoms with Crippen molar-refractivity contribution < 1.29 is 0 Å². The van der Waals surface area contributed by atoms with Crippen molar-refractivity contribution in [2.24, 2.45) is 0 Å². The molecule has 0 fully saturated rings. The average molecular weight is 289 g/mol. The van der Waals surface area contributed by atoms with E-state index in [0.29, 0.717) is 0 Å². The Bertz CT molecular complexity index is 654. The molecule has 0 aliphatic rings. The summed E-state index contributed by atoms with van der Waals surface area (Å²) in [5.41, 5.74) is 2.20. The van der Waals surface area contributed by atoms with Gasteiger partial charge in [-0.3, -0.25) is 0 Å². The van der Waals surface area contributed by atoms with Crippen LogP contribution in [0.25, 0.3) is 10.2 Å². The highest BCUT2D eigenvalue weighted by molar-refractivity contribution is 7.18. The van der Waals surface area contributed by atoms with Crippen molar-refractivity contribution >= 4 is 32.9 Å². The van der Waals surface area contributed by atoms with E-state index in [1.807, 2.05) is 13.0 Å². The zero-order valence-corrected chi connectivity index (χ0v) is 12.5. The average Bonchev–Trinajstić information content (AvgIpc) is 3.01. The molecule has 0 spiro atoms. The molecule has 0 bridgehead atoms. The Morgan fingerprint density at radius 3 is 2.84 bits per heavy atom. The topological polar surface area (TPSA) is 37.8 Å². The van der Waals surface area contributed by atoms with Gasteiger partial charge in [-0.05, 0) is 26.0 Å². The summed E-state index contributed by atoms with van der Waals surface area (Å²) in [5, 5.41) is 7.84. The zero-order valence-electron chi connectivity index (χ0n) is 10.9. The van der Waals surface area contributed by atoms with Crippen molar-refractivity contribution in [3.05, 3.63) is 45.4 Å². The summed E-state index contributed by atoms with van der Waals surface area (Å²) >= 11 is 3.44. The number of para-hydroxylation sites is 1. The van der Waals surface area contributed by atoms with Gasteiger partial charge in [-0.25, -0.2) is 9.97 Å². The zero-order chi connectivity index (χ0) is 13.2. The summed E-state index contributed by atoms with van der Waals surface area (Å²) < 4.78 is 1.25. The van der Waals surface area contributed by atoms with E-state index in [9.17, 15) is 0 Å². The second kappa shape index (κ2) is 5.36. The van der Waals surface area contributed by atoms with Gasteiger partial charge < -0.3 is 5.32 Å². The van der Waals surface area contributed by atoms with E-state index >= 15 is 0 Å². The maximum atomic E-state index is 4.62. The van der Waals surface area contributed by atoms with Gasteiger partial charge in [0.2, 0.25) is 0 Å². The molecule has 0 amide bonds. The fraction of sp³-hybridized carbons (Fsp3) is 0.286. The van der Waals surface area contributed by atoms with Crippen LogP contribution >= 0.6 is 22.7 Å². The van der Waals surface area contributed by atoms with E-state index in [-0.39, 0.29) is 6.04 Å². The van der Waals surface area contributed by atoms with E-state index in [1.165, 1.54) is 4.70 Å². The molecule has 0 aliphatic carbocycles. The van der Waals surface area contributed by atoms with Gasteiger partial charge in [0.1, 0.15) is 5.01 Å². The van der Waals surface area contributed by atoms with Crippen LogP contribution in [0.1, 0.15) is 28.7 Å². The van der Waals surface area contributed by atoms with Crippen LogP contribution in [0.5, 0.6) is 0 Å². The van der Waals surface area contributed by atoms with E-state index in [1.54, 1.807) is 22.7 Å². The van der Waals surface area contributed by atoms with Gasteiger partial charge in [-0.15, -0.1) is 22.7 Å². The summed E-state index contributed by atoms with van der Waals surface area (Å²) in [5.74, 6) is 0. The summed E-state index contributed by atoms with van der Waals surface area (Å²) in [7, 11) is 0. The summed E-state index contributed by atoms with van der Waals surface area (Å²) in [4.78, 5) is 9.13. The van der Waals surface area contributed by atoms with Gasteiger partial charge >= 0.3 is 0 Å². The highest BCUT2D eigenvalue weighted by atomic mass is 32.1. The molecule has 1 unspecified atom stereocenters. The standard InChI is InChI=1S/C14H15N3S2/c1-9(12-8-18-10(2)16-12)15-7-14-17-11-5-3-4-6-13(11)19-14/h3-6,8-9,15H,7H2,1-2H3. The molecule has 3 nitrogen and oxygen atoms in total. The number of fused-ring (bicyclic) bond motifs is 1. The molecule has 1 atom stereocenters. The van der Waals surface area contributed by atoms with E-state index < -0.39 is 0 Å². The fourth-order valence-corrected chi connectivity index (χ4v) is 3.54. The molecule has 2 heterocycles. The van der Waals surface area contributed by atoms with Crippen LogP contribution in [0.2, 0.25) is 0 Å². The van der Waals surface area contributed by atoms with Crippen molar-refractivity contribution in [2.45, 2.75) is 26.4 Å². The van der Waals surface area contributed by atoms with Crippen LogP contribution < -0.4 is 5.32 Å². The normalized spacial score (nSPS) is 12.9. The highest BCUT2D eigenvalue weighted by Gasteiger charge is 2.09. The quantitative estimate of drug-likeness (QED) is 0.791. The molecular formula is C14H15N3S2. The first kappa shape index (κ1) is 12.7. The van der Waals surface area contributed by atoms with Crippen LogP contribution in [0, 0.1) is 6.92 Å². The van der Waals surface area contributed by atoms with Crippen LogP contribution in [0.4, 0.5) is 0 Å². The summed E-state index contributed by atoms with van der Waals surface area (Å²) in [6.45, 7) is 4.97. The monoisotopic (exact) mass is 289 g/mol. The van der Waals surface area contributed by atoms with Crippen LogP contribution in [-0.2, 0) is 6.54 Å². The molecule has 3 aromatic rings. The molecule has 0 saturated heterocycles. The molecule has 3 rings (SSSR count). The van der Waals surface area contributed by atoms with Crippen molar-refractivity contribution in [2.75, 3.05) is 0 Å². The van der Waals surface area contributed by atoms with Crippen LogP contribution in [0.15, 0.2) is 29.6 Å². The molecule has 1 N–H and O–H groups in total. The number of benzene rings is 1. The number of nitrogens with zero attached hydrogens (tertiary/aromatic N) is 2. The lowest BCUT2D eigenvalue weighted by atomic mass is 10.2. The number of aromatic nitrogens is 2. The molecule has 1 aromatic carbocycles. The molecule has 98 valence electrons. The number of thiazole rings is 2. The third kappa shape index (κ3) is 2.83. The smallest absolute Gasteiger partial charge is 0.108 e. The molecule has 5 heteroatoms. The Labute approximate surface area is 120 Å². The third-order valence-electron chi connectivity index (χ3n) is 2.98. The van der Waals surface area contributed by atoms with Crippen molar-refractivity contribution in [3.8, 4) is 0 Å². The van der Waals surface area contributed by atoms with Gasteiger partial charge in [-0.1, -0.05) is 12.1 Å². The highest BCUT2D eigenvalue weighted by Crippen LogP contribution is 2.22. The number of hydrogen-bond acceptors (Lipinski definition) is 5.